The standard InChI is InChI=1S/C6H2ClF2NO2/c7-3-1-4(8)6(10(11)12)5(9)2-3/h1-2H. The van der Waals surface area contributed by atoms with Crippen LogP contribution in [0.15, 0.2) is 12.1 Å². The van der Waals surface area contributed by atoms with Crippen molar-refractivity contribution in [3.63, 3.8) is 0 Å². The maximum Gasteiger partial charge on any atom is 0.340 e. The smallest absolute Gasteiger partial charge is 0.258 e. The van der Waals surface area contributed by atoms with E-state index in [0.717, 1.165) is 0 Å². The molecule has 3 nitrogen and oxygen atoms in total. The zero-order valence-corrected chi connectivity index (χ0v) is 6.31. The summed E-state index contributed by atoms with van der Waals surface area (Å²) in [6.07, 6.45) is 0. The Labute approximate surface area is 70.7 Å². The zero-order chi connectivity index (χ0) is 9.30. The maximum atomic E-state index is 12.6. The molecule has 0 aromatic heterocycles. The van der Waals surface area contributed by atoms with E-state index in [1.807, 2.05) is 0 Å². The lowest BCUT2D eigenvalue weighted by Crippen LogP contribution is -1.96. The minimum Gasteiger partial charge on any atom is -0.258 e. The summed E-state index contributed by atoms with van der Waals surface area (Å²) in [4.78, 5) is 8.90. The molecule has 0 fully saturated rings. The molecule has 0 saturated carbocycles. The van der Waals surface area contributed by atoms with Crippen LogP contribution in [0.5, 0.6) is 0 Å². The third-order valence-corrected chi connectivity index (χ3v) is 1.38. The van der Waals surface area contributed by atoms with Crippen LogP contribution in [0, 0.1) is 21.7 Å². The first-order valence-electron chi connectivity index (χ1n) is 2.81. The first kappa shape index (κ1) is 8.86. The predicted molar refractivity (Wildman–Crippen MR) is 38.0 cm³/mol. The third kappa shape index (κ3) is 1.50. The number of nitrogens with zero attached hydrogens (tertiary/aromatic N) is 1. The van der Waals surface area contributed by atoms with E-state index in [2.05, 4.69) is 0 Å². The van der Waals surface area contributed by atoms with Crippen molar-refractivity contribution in [1.29, 1.82) is 0 Å². The minimum absolute atomic E-state index is 0.212. The molecule has 0 N–H and O–H groups in total. The number of benzene rings is 1. The molecule has 1 aromatic carbocycles. The number of halogens is 3. The fourth-order valence-corrected chi connectivity index (χ4v) is 0.901. The molecule has 12 heavy (non-hydrogen) atoms. The molecule has 0 aliphatic heterocycles. The lowest BCUT2D eigenvalue weighted by atomic mass is 10.3. The molecule has 0 bridgehead atoms. The predicted octanol–water partition coefficient (Wildman–Crippen LogP) is 2.53. The van der Waals surface area contributed by atoms with Crippen molar-refractivity contribution >= 4 is 17.3 Å². The van der Waals surface area contributed by atoms with E-state index in [-0.39, 0.29) is 5.02 Å². The lowest BCUT2D eigenvalue weighted by Gasteiger charge is -1.95. The summed E-state index contributed by atoms with van der Waals surface area (Å²) < 4.78 is 25.2. The van der Waals surface area contributed by atoms with Crippen LogP contribution in [0.2, 0.25) is 5.02 Å². The van der Waals surface area contributed by atoms with Gasteiger partial charge in [0.1, 0.15) is 0 Å². The van der Waals surface area contributed by atoms with Crippen molar-refractivity contribution in [3.05, 3.63) is 38.9 Å². The fourth-order valence-electron chi connectivity index (χ4n) is 0.709. The molecule has 0 unspecified atom stereocenters. The van der Waals surface area contributed by atoms with Crippen LogP contribution in [0.1, 0.15) is 0 Å². The van der Waals surface area contributed by atoms with Gasteiger partial charge in [-0.2, -0.15) is 8.78 Å². The molecule has 0 atom stereocenters. The van der Waals surface area contributed by atoms with E-state index in [1.165, 1.54) is 0 Å². The normalized spacial score (nSPS) is 9.92. The highest BCUT2D eigenvalue weighted by atomic mass is 35.5. The van der Waals surface area contributed by atoms with E-state index in [0.29, 0.717) is 12.1 Å². The van der Waals surface area contributed by atoms with E-state index >= 15 is 0 Å². The van der Waals surface area contributed by atoms with Gasteiger partial charge < -0.3 is 0 Å². The van der Waals surface area contributed by atoms with Gasteiger partial charge in [-0.05, 0) is 12.1 Å². The third-order valence-electron chi connectivity index (χ3n) is 1.16. The van der Waals surface area contributed by atoms with Gasteiger partial charge in [-0.3, -0.25) is 10.1 Å². The zero-order valence-electron chi connectivity index (χ0n) is 5.55. The highest BCUT2D eigenvalue weighted by Crippen LogP contribution is 2.24. The SMILES string of the molecule is O=[N+]([O-])c1c(F)cc(Cl)cc1F. The minimum atomic E-state index is -1.27. The molecule has 0 amide bonds. The molecule has 0 heterocycles. The van der Waals surface area contributed by atoms with Gasteiger partial charge in [-0.1, -0.05) is 11.6 Å². The molecule has 6 heteroatoms. The highest BCUT2D eigenvalue weighted by molar-refractivity contribution is 6.30. The van der Waals surface area contributed by atoms with Crippen molar-refractivity contribution in [2.75, 3.05) is 0 Å². The molecule has 0 aliphatic carbocycles. The molecule has 0 saturated heterocycles. The monoisotopic (exact) mass is 193 g/mol. The average Bonchev–Trinajstić information content (AvgIpc) is 1.82. The van der Waals surface area contributed by atoms with Gasteiger partial charge in [0.25, 0.3) is 0 Å². The highest BCUT2D eigenvalue weighted by Gasteiger charge is 2.21. The van der Waals surface area contributed by atoms with Crippen LogP contribution in [0.3, 0.4) is 0 Å². The van der Waals surface area contributed by atoms with Gasteiger partial charge in [0, 0.05) is 5.02 Å². The maximum absolute atomic E-state index is 12.6. The summed E-state index contributed by atoms with van der Waals surface area (Å²) in [6, 6.07) is 1.37. The van der Waals surface area contributed by atoms with Crippen molar-refractivity contribution in [3.8, 4) is 0 Å². The Morgan fingerprint density at radius 2 is 1.75 bits per heavy atom. The summed E-state index contributed by atoms with van der Waals surface area (Å²) >= 11 is 5.22. The molecule has 1 aromatic rings. The van der Waals surface area contributed by atoms with Crippen LogP contribution in [-0.2, 0) is 0 Å². The molecule has 64 valence electrons. The summed E-state index contributed by atoms with van der Waals surface area (Å²) in [5.41, 5.74) is -1.18. The van der Waals surface area contributed by atoms with E-state index in [4.69, 9.17) is 11.6 Å². The largest absolute Gasteiger partial charge is 0.340 e. The average molecular weight is 194 g/mol. The first-order valence-corrected chi connectivity index (χ1v) is 3.19. The Balaban J connectivity index is 3.38. The van der Waals surface area contributed by atoms with Crippen LogP contribution in [0.25, 0.3) is 0 Å². The Kier molecular flexibility index (Phi) is 2.23. The van der Waals surface area contributed by atoms with Crippen molar-refractivity contribution in [2.24, 2.45) is 0 Å². The molecule has 0 radical (unpaired) electrons. The molecule has 0 spiro atoms. The second-order valence-electron chi connectivity index (χ2n) is 1.98. The Morgan fingerprint density at radius 1 is 1.33 bits per heavy atom. The van der Waals surface area contributed by atoms with Gasteiger partial charge in [0.2, 0.25) is 11.6 Å². The quantitative estimate of drug-likeness (QED) is 0.508. The van der Waals surface area contributed by atoms with Crippen molar-refractivity contribution < 1.29 is 13.7 Å². The molecular weight excluding hydrogens is 192 g/mol. The van der Waals surface area contributed by atoms with Crippen LogP contribution in [0.4, 0.5) is 14.5 Å². The number of rotatable bonds is 1. The topological polar surface area (TPSA) is 43.1 Å². The van der Waals surface area contributed by atoms with Gasteiger partial charge in [-0.25, -0.2) is 0 Å². The summed E-state index contributed by atoms with van der Waals surface area (Å²) in [6.45, 7) is 0. The van der Waals surface area contributed by atoms with Gasteiger partial charge >= 0.3 is 5.69 Å². The van der Waals surface area contributed by atoms with E-state index in [9.17, 15) is 18.9 Å². The first-order chi connectivity index (χ1) is 5.52. The molecule has 1 rings (SSSR count). The van der Waals surface area contributed by atoms with Crippen LogP contribution >= 0.6 is 11.6 Å². The number of hydrogen-bond donors (Lipinski definition) is 0. The number of nitro groups is 1. The van der Waals surface area contributed by atoms with Gasteiger partial charge in [0.05, 0.1) is 4.92 Å². The second kappa shape index (κ2) is 3.02. The second-order valence-corrected chi connectivity index (χ2v) is 2.41. The lowest BCUT2D eigenvalue weighted by molar-refractivity contribution is -0.390. The van der Waals surface area contributed by atoms with Gasteiger partial charge in [0.15, 0.2) is 0 Å². The molecular formula is C6H2ClF2NO2. The number of hydrogen-bond acceptors (Lipinski definition) is 2. The van der Waals surface area contributed by atoms with Crippen molar-refractivity contribution in [1.82, 2.24) is 0 Å². The summed E-state index contributed by atoms with van der Waals surface area (Å²) in [5, 5.41) is 9.82. The summed E-state index contributed by atoms with van der Waals surface area (Å²) in [7, 11) is 0. The van der Waals surface area contributed by atoms with E-state index in [1.54, 1.807) is 0 Å². The van der Waals surface area contributed by atoms with Crippen molar-refractivity contribution in [2.45, 2.75) is 0 Å². The van der Waals surface area contributed by atoms with Gasteiger partial charge in [-0.15, -0.1) is 0 Å². The Bertz CT molecular complexity index is 319. The Hall–Kier alpha value is -1.23. The fraction of sp³-hybridized carbons (Fsp3) is 0. The Morgan fingerprint density at radius 3 is 2.08 bits per heavy atom. The number of nitro benzene ring substituents is 1. The van der Waals surface area contributed by atoms with E-state index < -0.39 is 22.2 Å². The van der Waals surface area contributed by atoms with Crippen LogP contribution in [-0.4, -0.2) is 4.92 Å². The van der Waals surface area contributed by atoms with Crippen LogP contribution < -0.4 is 0 Å². The summed E-state index contributed by atoms with van der Waals surface area (Å²) in [5.74, 6) is -2.55. The molecule has 0 aliphatic rings.